The van der Waals surface area contributed by atoms with E-state index in [1.165, 1.54) is 0 Å². The summed E-state index contributed by atoms with van der Waals surface area (Å²) in [7, 11) is 3.30. The van der Waals surface area contributed by atoms with Gasteiger partial charge in [0.1, 0.15) is 0 Å². The van der Waals surface area contributed by atoms with Crippen molar-refractivity contribution in [2.75, 3.05) is 20.8 Å². The number of ether oxygens (including phenoxy) is 3. The first kappa shape index (κ1) is 16.2. The number of alkyl halides is 1. The van der Waals surface area contributed by atoms with Gasteiger partial charge in [0.25, 0.3) is 0 Å². The highest BCUT2D eigenvalue weighted by Crippen LogP contribution is 2.39. The molecular weight excluding hydrogens is 308 g/mol. The van der Waals surface area contributed by atoms with Gasteiger partial charge in [-0.1, -0.05) is 42.6 Å². The van der Waals surface area contributed by atoms with Crippen LogP contribution < -0.4 is 14.2 Å². The maximum absolute atomic E-state index is 5.93. The predicted molar refractivity (Wildman–Crippen MR) is 81.7 cm³/mol. The van der Waals surface area contributed by atoms with Crippen LogP contribution in [-0.2, 0) is 5.33 Å². The Morgan fingerprint density at radius 1 is 1.05 bits per heavy atom. The van der Waals surface area contributed by atoms with Crippen LogP contribution in [-0.4, -0.2) is 20.8 Å². The summed E-state index contributed by atoms with van der Waals surface area (Å²) in [6.45, 7) is 5.05. The number of hydrogen-bond donors (Lipinski definition) is 0. The molecule has 0 amide bonds. The first-order chi connectivity index (χ1) is 9.19. The van der Waals surface area contributed by atoms with Gasteiger partial charge in [-0.25, -0.2) is 0 Å². The Hall–Kier alpha value is -0.900. The molecule has 0 aliphatic rings. The Labute approximate surface area is 124 Å². The molecule has 1 aromatic rings. The number of benzene rings is 1. The van der Waals surface area contributed by atoms with E-state index in [0.717, 1.165) is 35.2 Å². The Balaban J connectivity index is 2.96. The fourth-order valence-electron chi connectivity index (χ4n) is 1.88. The lowest BCUT2D eigenvalue weighted by Gasteiger charge is -2.18. The molecule has 0 aromatic heterocycles. The average molecular weight is 331 g/mol. The van der Waals surface area contributed by atoms with E-state index in [-0.39, 0.29) is 0 Å². The zero-order valence-electron chi connectivity index (χ0n) is 12.2. The van der Waals surface area contributed by atoms with Gasteiger partial charge < -0.3 is 14.2 Å². The van der Waals surface area contributed by atoms with Crippen LogP contribution >= 0.6 is 15.9 Å². The number of rotatable bonds is 8. The summed E-state index contributed by atoms with van der Waals surface area (Å²) in [5.74, 6) is 2.70. The normalized spacial score (nSPS) is 10.6. The highest BCUT2D eigenvalue weighted by atomic mass is 79.9. The third-order valence-corrected chi connectivity index (χ3v) is 3.94. The van der Waals surface area contributed by atoms with Crippen molar-refractivity contribution in [3.8, 4) is 17.2 Å². The molecule has 0 atom stereocenters. The highest BCUT2D eigenvalue weighted by molar-refractivity contribution is 9.08. The minimum Gasteiger partial charge on any atom is -0.493 e. The molecule has 0 fully saturated rings. The maximum Gasteiger partial charge on any atom is 0.203 e. The molecule has 0 radical (unpaired) electrons. The largest absolute Gasteiger partial charge is 0.493 e. The van der Waals surface area contributed by atoms with Crippen molar-refractivity contribution in [3.63, 3.8) is 0 Å². The van der Waals surface area contributed by atoms with Crippen LogP contribution in [0.4, 0.5) is 0 Å². The summed E-state index contributed by atoms with van der Waals surface area (Å²) < 4.78 is 16.7. The number of methoxy groups -OCH3 is 2. The Morgan fingerprint density at radius 3 is 1.95 bits per heavy atom. The van der Waals surface area contributed by atoms with Gasteiger partial charge in [-0.15, -0.1) is 0 Å². The van der Waals surface area contributed by atoms with Crippen LogP contribution in [0.2, 0.25) is 0 Å². The van der Waals surface area contributed by atoms with Gasteiger partial charge in [0.15, 0.2) is 11.5 Å². The SMILES string of the molecule is CCC(CC)COc1c(OC)cc(CBr)cc1OC. The van der Waals surface area contributed by atoms with Crippen LogP contribution in [0.1, 0.15) is 32.3 Å². The quantitative estimate of drug-likeness (QED) is 0.660. The molecule has 0 bridgehead atoms. The summed E-state index contributed by atoms with van der Waals surface area (Å²) >= 11 is 3.44. The molecule has 0 aliphatic carbocycles. The van der Waals surface area contributed by atoms with Gasteiger partial charge in [0.05, 0.1) is 20.8 Å². The van der Waals surface area contributed by atoms with Gasteiger partial charge in [0, 0.05) is 5.33 Å². The molecule has 0 N–H and O–H groups in total. The van der Waals surface area contributed by atoms with E-state index < -0.39 is 0 Å². The third kappa shape index (κ3) is 4.30. The van der Waals surface area contributed by atoms with E-state index in [0.29, 0.717) is 18.3 Å². The minimum atomic E-state index is 0.560. The summed E-state index contributed by atoms with van der Waals surface area (Å²) in [4.78, 5) is 0. The van der Waals surface area contributed by atoms with Crippen molar-refractivity contribution in [2.24, 2.45) is 5.92 Å². The maximum atomic E-state index is 5.93. The molecule has 1 aromatic carbocycles. The lowest BCUT2D eigenvalue weighted by Crippen LogP contribution is -2.11. The Kier molecular flexibility index (Phi) is 7.06. The lowest BCUT2D eigenvalue weighted by molar-refractivity contribution is 0.220. The molecule has 0 saturated carbocycles. The predicted octanol–water partition coefficient (Wildman–Crippen LogP) is 4.41. The summed E-state index contributed by atoms with van der Waals surface area (Å²) in [5, 5.41) is 0.756. The third-order valence-electron chi connectivity index (χ3n) is 3.29. The van der Waals surface area contributed by atoms with Gasteiger partial charge in [-0.3, -0.25) is 0 Å². The summed E-state index contributed by atoms with van der Waals surface area (Å²) in [6.07, 6.45) is 2.22. The van der Waals surface area contributed by atoms with Crippen molar-refractivity contribution in [3.05, 3.63) is 17.7 Å². The summed E-state index contributed by atoms with van der Waals surface area (Å²) in [5.41, 5.74) is 1.10. The average Bonchev–Trinajstić information content (AvgIpc) is 2.47. The first-order valence-corrected chi connectivity index (χ1v) is 7.75. The number of hydrogen-bond acceptors (Lipinski definition) is 3. The second-order valence-electron chi connectivity index (χ2n) is 4.46. The van der Waals surface area contributed by atoms with Gasteiger partial charge in [0.2, 0.25) is 5.75 Å². The lowest BCUT2D eigenvalue weighted by atomic mass is 10.1. The van der Waals surface area contributed by atoms with Crippen LogP contribution in [0.3, 0.4) is 0 Å². The molecule has 108 valence electrons. The van der Waals surface area contributed by atoms with E-state index in [9.17, 15) is 0 Å². The van der Waals surface area contributed by atoms with E-state index in [1.807, 2.05) is 12.1 Å². The zero-order chi connectivity index (χ0) is 14.3. The molecule has 0 aliphatic heterocycles. The standard InChI is InChI=1S/C15H23BrO3/c1-5-11(6-2)10-19-15-13(17-3)7-12(9-16)8-14(15)18-4/h7-8,11H,5-6,9-10H2,1-4H3. The van der Waals surface area contributed by atoms with Crippen LogP contribution in [0.15, 0.2) is 12.1 Å². The van der Waals surface area contributed by atoms with E-state index in [4.69, 9.17) is 14.2 Å². The van der Waals surface area contributed by atoms with Crippen LogP contribution in [0.5, 0.6) is 17.2 Å². The highest BCUT2D eigenvalue weighted by Gasteiger charge is 2.15. The van der Waals surface area contributed by atoms with Gasteiger partial charge in [-0.05, 0) is 23.6 Å². The zero-order valence-corrected chi connectivity index (χ0v) is 13.7. The fourth-order valence-corrected chi connectivity index (χ4v) is 2.20. The fraction of sp³-hybridized carbons (Fsp3) is 0.600. The van der Waals surface area contributed by atoms with E-state index >= 15 is 0 Å². The second-order valence-corrected chi connectivity index (χ2v) is 5.02. The molecule has 19 heavy (non-hydrogen) atoms. The monoisotopic (exact) mass is 330 g/mol. The molecule has 0 unspecified atom stereocenters. The van der Waals surface area contributed by atoms with Crippen molar-refractivity contribution in [1.29, 1.82) is 0 Å². The van der Waals surface area contributed by atoms with Crippen molar-refractivity contribution in [2.45, 2.75) is 32.0 Å². The van der Waals surface area contributed by atoms with Gasteiger partial charge >= 0.3 is 0 Å². The van der Waals surface area contributed by atoms with Crippen LogP contribution in [0.25, 0.3) is 0 Å². The Morgan fingerprint density at radius 2 is 1.58 bits per heavy atom. The van der Waals surface area contributed by atoms with E-state index in [1.54, 1.807) is 14.2 Å². The molecule has 0 heterocycles. The van der Waals surface area contributed by atoms with Crippen LogP contribution in [0, 0.1) is 5.92 Å². The minimum absolute atomic E-state index is 0.560. The molecule has 0 spiro atoms. The van der Waals surface area contributed by atoms with Gasteiger partial charge in [-0.2, -0.15) is 0 Å². The Bertz CT molecular complexity index is 364. The topological polar surface area (TPSA) is 27.7 Å². The van der Waals surface area contributed by atoms with Crippen molar-refractivity contribution >= 4 is 15.9 Å². The summed E-state index contributed by atoms with van der Waals surface area (Å²) in [6, 6.07) is 3.94. The molecule has 3 nitrogen and oxygen atoms in total. The van der Waals surface area contributed by atoms with Crippen molar-refractivity contribution < 1.29 is 14.2 Å². The second kappa shape index (κ2) is 8.31. The first-order valence-electron chi connectivity index (χ1n) is 6.63. The van der Waals surface area contributed by atoms with E-state index in [2.05, 4.69) is 29.8 Å². The molecular formula is C15H23BrO3. The number of halogens is 1. The molecule has 1 rings (SSSR count). The van der Waals surface area contributed by atoms with Crippen molar-refractivity contribution in [1.82, 2.24) is 0 Å². The molecule has 0 saturated heterocycles. The molecule has 4 heteroatoms. The smallest absolute Gasteiger partial charge is 0.203 e.